The van der Waals surface area contributed by atoms with E-state index in [9.17, 15) is 13.5 Å². The van der Waals surface area contributed by atoms with Crippen molar-refractivity contribution < 1.29 is 18.3 Å². The number of nitrogens with one attached hydrogen (secondary N) is 2. The van der Waals surface area contributed by atoms with E-state index in [0.717, 1.165) is 33.7 Å². The standard InChI is InChI=1S/C22H26N4O4S2/c1-15-18-6-5-17(14-20(18)26-25-15)30-12-11-24-10-7-16-4-2-3-9-22(16,27)19-8-13-31-21(19)32(23,28)29/h2-6,8-9,13-14,16,24,27H,7,10-12H2,1H3,(H,25,26)(H2,23,28,29). The molecule has 2 unspecified atom stereocenters. The molecule has 2 heterocycles. The van der Waals surface area contributed by atoms with Crippen LogP contribution in [-0.2, 0) is 15.6 Å². The van der Waals surface area contributed by atoms with Crippen molar-refractivity contribution in [3.63, 3.8) is 0 Å². The minimum absolute atomic E-state index is 0.00427. The molecule has 170 valence electrons. The molecule has 1 aliphatic rings. The number of aromatic nitrogens is 2. The van der Waals surface area contributed by atoms with Gasteiger partial charge in [-0.2, -0.15) is 5.10 Å². The van der Waals surface area contributed by atoms with Crippen molar-refractivity contribution >= 4 is 32.3 Å². The van der Waals surface area contributed by atoms with E-state index < -0.39 is 15.6 Å². The molecular formula is C22H26N4O4S2. The lowest BCUT2D eigenvalue weighted by atomic mass is 9.78. The van der Waals surface area contributed by atoms with E-state index in [0.29, 0.717) is 31.7 Å². The molecule has 0 saturated carbocycles. The van der Waals surface area contributed by atoms with Crippen LogP contribution in [0.1, 0.15) is 17.7 Å². The number of rotatable bonds is 9. The molecule has 0 aliphatic heterocycles. The van der Waals surface area contributed by atoms with Crippen LogP contribution in [0.2, 0.25) is 0 Å². The molecule has 32 heavy (non-hydrogen) atoms. The molecule has 4 rings (SSSR count). The van der Waals surface area contributed by atoms with Crippen molar-refractivity contribution in [3.8, 4) is 5.75 Å². The Morgan fingerprint density at radius 1 is 1.31 bits per heavy atom. The molecule has 8 nitrogen and oxygen atoms in total. The quantitative estimate of drug-likeness (QED) is 0.353. The van der Waals surface area contributed by atoms with E-state index in [1.165, 1.54) is 0 Å². The predicted octanol–water partition coefficient (Wildman–Crippen LogP) is 2.57. The summed E-state index contributed by atoms with van der Waals surface area (Å²) in [7, 11) is -3.91. The number of primary sulfonamides is 1. The van der Waals surface area contributed by atoms with Crippen molar-refractivity contribution in [2.45, 2.75) is 23.2 Å². The number of nitrogens with zero attached hydrogens (tertiary/aromatic N) is 1. The van der Waals surface area contributed by atoms with Gasteiger partial charge in [-0.1, -0.05) is 18.2 Å². The van der Waals surface area contributed by atoms with Gasteiger partial charge >= 0.3 is 0 Å². The van der Waals surface area contributed by atoms with Gasteiger partial charge in [0, 0.05) is 35.2 Å². The fourth-order valence-electron chi connectivity index (χ4n) is 3.93. The highest BCUT2D eigenvalue weighted by atomic mass is 32.2. The van der Waals surface area contributed by atoms with E-state index in [1.54, 1.807) is 23.6 Å². The number of aryl methyl sites for hydroxylation is 1. The van der Waals surface area contributed by atoms with Crippen molar-refractivity contribution in [2.24, 2.45) is 11.1 Å². The number of hydrogen-bond acceptors (Lipinski definition) is 7. The Balaban J connectivity index is 1.30. The Labute approximate surface area is 190 Å². The first-order valence-corrected chi connectivity index (χ1v) is 12.7. The molecule has 5 N–H and O–H groups in total. The summed E-state index contributed by atoms with van der Waals surface area (Å²) in [6, 6.07) is 7.44. The Morgan fingerprint density at radius 3 is 2.97 bits per heavy atom. The molecule has 0 saturated heterocycles. The summed E-state index contributed by atoms with van der Waals surface area (Å²) >= 11 is 1.02. The zero-order chi connectivity index (χ0) is 22.8. The average Bonchev–Trinajstić information content (AvgIpc) is 3.39. The Morgan fingerprint density at radius 2 is 2.16 bits per heavy atom. The molecular weight excluding hydrogens is 448 g/mol. The minimum atomic E-state index is -3.91. The highest BCUT2D eigenvalue weighted by Crippen LogP contribution is 2.41. The van der Waals surface area contributed by atoms with Gasteiger partial charge in [-0.15, -0.1) is 11.3 Å². The Bertz CT molecular complexity index is 1260. The molecule has 2 aromatic heterocycles. The number of thiophene rings is 1. The molecule has 0 radical (unpaired) electrons. The molecule has 0 amide bonds. The average molecular weight is 475 g/mol. The maximum absolute atomic E-state index is 11.9. The summed E-state index contributed by atoms with van der Waals surface area (Å²) in [6.07, 6.45) is 7.71. The largest absolute Gasteiger partial charge is 0.492 e. The van der Waals surface area contributed by atoms with Crippen LogP contribution in [0, 0.1) is 12.8 Å². The number of ether oxygens (including phenoxy) is 1. The zero-order valence-electron chi connectivity index (χ0n) is 17.6. The van der Waals surface area contributed by atoms with Crippen molar-refractivity contribution in [2.75, 3.05) is 19.7 Å². The number of allylic oxidation sites excluding steroid dienone is 2. The summed E-state index contributed by atoms with van der Waals surface area (Å²) in [6.45, 7) is 3.72. The van der Waals surface area contributed by atoms with E-state index in [1.807, 2.05) is 37.3 Å². The van der Waals surface area contributed by atoms with Gasteiger partial charge in [-0.3, -0.25) is 5.10 Å². The molecule has 3 aromatic rings. The lowest BCUT2D eigenvalue weighted by molar-refractivity contribution is 0.0374. The van der Waals surface area contributed by atoms with Crippen molar-refractivity contribution in [1.82, 2.24) is 15.5 Å². The number of H-pyrrole nitrogens is 1. The molecule has 2 atom stereocenters. The Hall–Kier alpha value is -2.50. The molecule has 10 heteroatoms. The van der Waals surface area contributed by atoms with Gasteiger partial charge < -0.3 is 15.2 Å². The Kier molecular flexibility index (Phi) is 6.50. The van der Waals surface area contributed by atoms with Crippen molar-refractivity contribution in [3.05, 3.63) is 65.2 Å². The summed E-state index contributed by atoms with van der Waals surface area (Å²) < 4.78 is 29.7. The lowest BCUT2D eigenvalue weighted by Crippen LogP contribution is -2.37. The van der Waals surface area contributed by atoms with Gasteiger partial charge in [-0.25, -0.2) is 13.6 Å². The third-order valence-corrected chi connectivity index (χ3v) is 8.02. The maximum Gasteiger partial charge on any atom is 0.247 e. The van der Waals surface area contributed by atoms with Crippen LogP contribution in [0.15, 0.2) is 58.2 Å². The summed E-state index contributed by atoms with van der Waals surface area (Å²) in [5, 5.41) is 29.9. The second-order valence-corrected chi connectivity index (χ2v) is 10.4. The van der Waals surface area contributed by atoms with Gasteiger partial charge in [-0.05, 0) is 49.5 Å². The second-order valence-electron chi connectivity index (χ2n) is 7.76. The van der Waals surface area contributed by atoms with Crippen LogP contribution in [0.4, 0.5) is 0 Å². The molecule has 1 aromatic carbocycles. The maximum atomic E-state index is 11.9. The second kappa shape index (κ2) is 9.16. The number of aromatic amines is 1. The van der Waals surface area contributed by atoms with Gasteiger partial charge in [0.25, 0.3) is 0 Å². The number of sulfonamides is 1. The fourth-order valence-corrected chi connectivity index (χ4v) is 5.86. The highest BCUT2D eigenvalue weighted by Gasteiger charge is 2.39. The number of nitrogens with two attached hydrogens (primary N) is 1. The number of benzene rings is 1. The van der Waals surface area contributed by atoms with E-state index in [4.69, 9.17) is 9.88 Å². The smallest absolute Gasteiger partial charge is 0.247 e. The predicted molar refractivity (Wildman–Crippen MR) is 125 cm³/mol. The van der Waals surface area contributed by atoms with Crippen LogP contribution in [0.5, 0.6) is 5.75 Å². The van der Waals surface area contributed by atoms with E-state index in [2.05, 4.69) is 15.5 Å². The van der Waals surface area contributed by atoms with Gasteiger partial charge in [0.15, 0.2) is 0 Å². The number of aliphatic hydroxyl groups is 1. The number of fused-ring (bicyclic) bond motifs is 1. The van der Waals surface area contributed by atoms with Crippen LogP contribution < -0.4 is 15.2 Å². The molecule has 0 spiro atoms. The minimum Gasteiger partial charge on any atom is -0.492 e. The first-order chi connectivity index (χ1) is 15.3. The summed E-state index contributed by atoms with van der Waals surface area (Å²) in [5.74, 6) is 0.467. The van der Waals surface area contributed by atoms with Gasteiger partial charge in [0.05, 0.1) is 5.52 Å². The molecule has 1 aliphatic carbocycles. The van der Waals surface area contributed by atoms with E-state index in [-0.39, 0.29) is 10.1 Å². The normalized spacial score (nSPS) is 20.8. The van der Waals surface area contributed by atoms with Crippen LogP contribution in [-0.4, -0.2) is 43.4 Å². The monoisotopic (exact) mass is 474 g/mol. The fraction of sp³-hybridized carbons (Fsp3) is 0.318. The van der Waals surface area contributed by atoms with Crippen LogP contribution >= 0.6 is 11.3 Å². The first-order valence-electron chi connectivity index (χ1n) is 10.3. The highest BCUT2D eigenvalue weighted by molar-refractivity contribution is 7.91. The summed E-state index contributed by atoms with van der Waals surface area (Å²) in [4.78, 5) is 0. The van der Waals surface area contributed by atoms with Crippen LogP contribution in [0.25, 0.3) is 10.9 Å². The first kappa shape index (κ1) is 22.7. The topological polar surface area (TPSA) is 130 Å². The number of hydrogen-bond donors (Lipinski definition) is 4. The SMILES string of the molecule is Cc1[nH]nc2cc(OCCNCCC3C=CC=CC3(O)c3ccsc3S(N)(=O)=O)ccc12. The van der Waals surface area contributed by atoms with Gasteiger partial charge in [0.2, 0.25) is 10.0 Å². The summed E-state index contributed by atoms with van der Waals surface area (Å²) in [5.41, 5.74) is 0.796. The van der Waals surface area contributed by atoms with Crippen molar-refractivity contribution in [1.29, 1.82) is 0 Å². The zero-order valence-corrected chi connectivity index (χ0v) is 19.2. The van der Waals surface area contributed by atoms with Crippen LogP contribution in [0.3, 0.4) is 0 Å². The third kappa shape index (κ3) is 4.64. The molecule has 0 fully saturated rings. The van der Waals surface area contributed by atoms with E-state index >= 15 is 0 Å². The van der Waals surface area contributed by atoms with Gasteiger partial charge in [0.1, 0.15) is 22.2 Å². The molecule has 0 bridgehead atoms. The lowest BCUT2D eigenvalue weighted by Gasteiger charge is -2.34. The third-order valence-electron chi connectivity index (χ3n) is 5.59.